The van der Waals surface area contributed by atoms with Crippen LogP contribution in [0.15, 0.2) is 0 Å². The quantitative estimate of drug-likeness (QED) is 0.861. The topological polar surface area (TPSA) is 75.0 Å². The van der Waals surface area contributed by atoms with Gasteiger partial charge in [-0.15, -0.1) is 0 Å². The van der Waals surface area contributed by atoms with Crippen LogP contribution in [0.3, 0.4) is 0 Å². The van der Waals surface area contributed by atoms with Gasteiger partial charge in [0.1, 0.15) is 0 Å². The summed E-state index contributed by atoms with van der Waals surface area (Å²) in [5, 5.41) is 6.74. The number of aryl methyl sites for hydroxylation is 1. The summed E-state index contributed by atoms with van der Waals surface area (Å²) in [6, 6.07) is 0. The SMILES string of the molecule is Cc1[nH]nc(C(=O)N(C)CC2CCCCC2)c1N. The minimum Gasteiger partial charge on any atom is -0.395 e. The number of H-pyrrole nitrogens is 1. The van der Waals surface area contributed by atoms with E-state index in [2.05, 4.69) is 10.2 Å². The van der Waals surface area contributed by atoms with Crippen LogP contribution in [0, 0.1) is 12.8 Å². The minimum absolute atomic E-state index is 0.0811. The normalized spacial score (nSPS) is 16.8. The molecule has 100 valence electrons. The lowest BCUT2D eigenvalue weighted by Crippen LogP contribution is -2.33. The molecule has 3 N–H and O–H groups in total. The van der Waals surface area contributed by atoms with Gasteiger partial charge >= 0.3 is 0 Å². The molecule has 1 amide bonds. The number of hydrogen-bond acceptors (Lipinski definition) is 3. The summed E-state index contributed by atoms with van der Waals surface area (Å²) in [5.74, 6) is 0.552. The van der Waals surface area contributed by atoms with Gasteiger partial charge < -0.3 is 10.6 Å². The van der Waals surface area contributed by atoms with Crippen molar-refractivity contribution < 1.29 is 4.79 Å². The monoisotopic (exact) mass is 250 g/mol. The molecular formula is C13H22N4O. The third-order valence-electron chi connectivity index (χ3n) is 3.80. The highest BCUT2D eigenvalue weighted by Crippen LogP contribution is 2.25. The Morgan fingerprint density at radius 1 is 1.44 bits per heavy atom. The lowest BCUT2D eigenvalue weighted by molar-refractivity contribution is 0.0756. The molecule has 5 nitrogen and oxygen atoms in total. The van der Waals surface area contributed by atoms with Gasteiger partial charge in [-0.2, -0.15) is 5.10 Å². The van der Waals surface area contributed by atoms with Crippen LogP contribution in [0.25, 0.3) is 0 Å². The maximum absolute atomic E-state index is 12.2. The fourth-order valence-electron chi connectivity index (χ4n) is 2.62. The van der Waals surface area contributed by atoms with Crippen molar-refractivity contribution in [3.63, 3.8) is 0 Å². The van der Waals surface area contributed by atoms with E-state index >= 15 is 0 Å². The number of hydrogen-bond donors (Lipinski definition) is 2. The second kappa shape index (κ2) is 5.42. The van der Waals surface area contributed by atoms with Crippen LogP contribution in [0.4, 0.5) is 5.69 Å². The zero-order chi connectivity index (χ0) is 13.1. The molecule has 0 aliphatic heterocycles. The van der Waals surface area contributed by atoms with Crippen molar-refractivity contribution >= 4 is 11.6 Å². The van der Waals surface area contributed by atoms with Gasteiger partial charge in [0.25, 0.3) is 5.91 Å². The fraction of sp³-hybridized carbons (Fsp3) is 0.692. The lowest BCUT2D eigenvalue weighted by Gasteiger charge is -2.26. The number of carbonyl (C=O) groups is 1. The van der Waals surface area contributed by atoms with Crippen molar-refractivity contribution in [1.82, 2.24) is 15.1 Å². The Bertz CT molecular complexity index is 421. The molecule has 1 heterocycles. The zero-order valence-electron chi connectivity index (χ0n) is 11.2. The van der Waals surface area contributed by atoms with Crippen LogP contribution in [-0.2, 0) is 0 Å². The highest BCUT2D eigenvalue weighted by atomic mass is 16.2. The lowest BCUT2D eigenvalue weighted by atomic mass is 9.89. The summed E-state index contributed by atoms with van der Waals surface area (Å²) >= 11 is 0. The van der Waals surface area contributed by atoms with Gasteiger partial charge in [0.2, 0.25) is 0 Å². The molecule has 1 fully saturated rings. The molecule has 0 unspecified atom stereocenters. The Hall–Kier alpha value is -1.52. The number of anilines is 1. The number of rotatable bonds is 3. The van der Waals surface area contributed by atoms with Crippen molar-refractivity contribution in [3.05, 3.63) is 11.4 Å². The Morgan fingerprint density at radius 2 is 2.11 bits per heavy atom. The molecule has 18 heavy (non-hydrogen) atoms. The van der Waals surface area contributed by atoms with Gasteiger partial charge in [-0.3, -0.25) is 9.89 Å². The van der Waals surface area contributed by atoms with Crippen LogP contribution in [-0.4, -0.2) is 34.6 Å². The van der Waals surface area contributed by atoms with E-state index in [0.717, 1.165) is 12.2 Å². The Morgan fingerprint density at radius 3 is 2.67 bits per heavy atom. The highest BCUT2D eigenvalue weighted by Gasteiger charge is 2.22. The first-order valence-corrected chi connectivity index (χ1v) is 6.65. The summed E-state index contributed by atoms with van der Waals surface area (Å²) in [4.78, 5) is 14.0. The molecule has 0 spiro atoms. The van der Waals surface area contributed by atoms with Gasteiger partial charge in [-0.05, 0) is 25.7 Å². The first-order chi connectivity index (χ1) is 8.59. The number of amides is 1. The number of nitrogen functional groups attached to an aromatic ring is 1. The van der Waals surface area contributed by atoms with Crippen LogP contribution in [0.5, 0.6) is 0 Å². The third kappa shape index (κ3) is 2.66. The predicted molar refractivity (Wildman–Crippen MR) is 71.3 cm³/mol. The molecule has 0 aromatic carbocycles. The van der Waals surface area contributed by atoms with Crippen molar-refractivity contribution in [1.29, 1.82) is 0 Å². The zero-order valence-corrected chi connectivity index (χ0v) is 11.2. The molecule has 1 aliphatic rings. The number of nitrogens with zero attached hydrogens (tertiary/aromatic N) is 2. The van der Waals surface area contributed by atoms with E-state index in [1.54, 1.807) is 4.90 Å². The fourth-order valence-corrected chi connectivity index (χ4v) is 2.62. The Kier molecular flexibility index (Phi) is 3.89. The van der Waals surface area contributed by atoms with Gasteiger partial charge in [-0.25, -0.2) is 0 Å². The average Bonchev–Trinajstić information content (AvgIpc) is 2.70. The molecule has 1 aromatic rings. The maximum atomic E-state index is 12.2. The smallest absolute Gasteiger partial charge is 0.276 e. The van der Waals surface area contributed by atoms with Crippen molar-refractivity contribution in [2.24, 2.45) is 5.92 Å². The molecular weight excluding hydrogens is 228 g/mol. The van der Waals surface area contributed by atoms with E-state index in [1.165, 1.54) is 32.1 Å². The largest absolute Gasteiger partial charge is 0.395 e. The van der Waals surface area contributed by atoms with E-state index in [9.17, 15) is 4.79 Å². The van der Waals surface area contributed by atoms with Gasteiger partial charge in [0, 0.05) is 13.6 Å². The summed E-state index contributed by atoms with van der Waals surface area (Å²) < 4.78 is 0. The Balaban J connectivity index is 1.98. The summed E-state index contributed by atoms with van der Waals surface area (Å²) in [6.07, 6.45) is 6.37. The summed E-state index contributed by atoms with van der Waals surface area (Å²) in [6.45, 7) is 2.63. The molecule has 1 saturated carbocycles. The minimum atomic E-state index is -0.0811. The van der Waals surface area contributed by atoms with E-state index in [4.69, 9.17) is 5.73 Å². The van der Waals surface area contributed by atoms with Gasteiger partial charge in [0.15, 0.2) is 5.69 Å². The number of nitrogens with two attached hydrogens (primary N) is 1. The van der Waals surface area contributed by atoms with Crippen molar-refractivity contribution in [2.75, 3.05) is 19.3 Å². The molecule has 0 atom stereocenters. The highest BCUT2D eigenvalue weighted by molar-refractivity contribution is 5.97. The predicted octanol–water partition coefficient (Wildman–Crippen LogP) is 1.95. The first kappa shape index (κ1) is 12.9. The number of nitrogens with one attached hydrogen (secondary N) is 1. The third-order valence-corrected chi connectivity index (χ3v) is 3.80. The van der Waals surface area contributed by atoms with Gasteiger partial charge in [0.05, 0.1) is 11.4 Å². The standard InChI is InChI=1S/C13H22N4O/c1-9-11(14)12(16-15-9)13(18)17(2)8-10-6-4-3-5-7-10/h10H,3-8,14H2,1-2H3,(H,15,16). The van der Waals surface area contributed by atoms with E-state index in [0.29, 0.717) is 17.3 Å². The number of carbonyl (C=O) groups excluding carboxylic acids is 1. The van der Waals surface area contributed by atoms with Crippen LogP contribution < -0.4 is 5.73 Å². The van der Waals surface area contributed by atoms with E-state index < -0.39 is 0 Å². The maximum Gasteiger partial charge on any atom is 0.276 e. The first-order valence-electron chi connectivity index (χ1n) is 6.65. The molecule has 0 radical (unpaired) electrons. The summed E-state index contributed by atoms with van der Waals surface area (Å²) in [5.41, 5.74) is 7.41. The molecule has 0 bridgehead atoms. The van der Waals surface area contributed by atoms with Crippen LogP contribution in [0.1, 0.15) is 48.3 Å². The van der Waals surface area contributed by atoms with Crippen LogP contribution >= 0.6 is 0 Å². The van der Waals surface area contributed by atoms with Crippen LogP contribution in [0.2, 0.25) is 0 Å². The number of aromatic nitrogens is 2. The molecule has 5 heteroatoms. The Labute approximate surface area is 108 Å². The van der Waals surface area contributed by atoms with Crippen molar-refractivity contribution in [2.45, 2.75) is 39.0 Å². The molecule has 1 aliphatic carbocycles. The number of aromatic amines is 1. The van der Waals surface area contributed by atoms with E-state index in [-0.39, 0.29) is 5.91 Å². The molecule has 1 aromatic heterocycles. The van der Waals surface area contributed by atoms with Crippen molar-refractivity contribution in [3.8, 4) is 0 Å². The van der Waals surface area contributed by atoms with Gasteiger partial charge in [-0.1, -0.05) is 19.3 Å². The second-order valence-electron chi connectivity index (χ2n) is 5.30. The average molecular weight is 250 g/mol. The molecule has 0 saturated heterocycles. The summed E-state index contributed by atoms with van der Waals surface area (Å²) in [7, 11) is 1.83. The molecule has 2 rings (SSSR count). The van der Waals surface area contributed by atoms with E-state index in [1.807, 2.05) is 14.0 Å². The second-order valence-corrected chi connectivity index (χ2v) is 5.30.